The minimum absolute atomic E-state index is 0.417. The van der Waals surface area contributed by atoms with E-state index in [0.29, 0.717) is 41.7 Å². The van der Waals surface area contributed by atoms with Crippen LogP contribution in [0.15, 0.2) is 30.3 Å². The lowest BCUT2D eigenvalue weighted by molar-refractivity contribution is -0.142. The van der Waals surface area contributed by atoms with Gasteiger partial charge in [-0.1, -0.05) is 32.0 Å². The molecule has 158 valence electrons. The summed E-state index contributed by atoms with van der Waals surface area (Å²) in [6.07, 6.45) is 5.59. The van der Waals surface area contributed by atoms with E-state index in [1.54, 1.807) is 0 Å². The van der Waals surface area contributed by atoms with E-state index in [4.69, 9.17) is 4.98 Å². The summed E-state index contributed by atoms with van der Waals surface area (Å²) in [5.74, 6) is 2.92. The molecule has 1 aromatic carbocycles. The average Bonchev–Trinajstić information content (AvgIpc) is 3.51. The molecule has 0 radical (unpaired) electrons. The zero-order valence-electron chi connectivity index (χ0n) is 18.3. The molecule has 1 aromatic heterocycles. The molecule has 0 bridgehead atoms. The maximum absolute atomic E-state index is 12.8. The summed E-state index contributed by atoms with van der Waals surface area (Å²) in [5.41, 5.74) is 3.90. The van der Waals surface area contributed by atoms with Gasteiger partial charge in [-0.2, -0.15) is 0 Å². The lowest BCUT2D eigenvalue weighted by Gasteiger charge is -2.47. The topological polar surface area (TPSA) is 36.4 Å². The summed E-state index contributed by atoms with van der Waals surface area (Å²) in [5, 5.41) is 1.32. The number of rotatable bonds is 4. The van der Waals surface area contributed by atoms with E-state index in [1.807, 2.05) is 0 Å². The highest BCUT2D eigenvalue weighted by molar-refractivity contribution is 5.82. The summed E-state index contributed by atoms with van der Waals surface area (Å²) < 4.78 is 0. The number of piperidine rings is 2. The minimum Gasteiger partial charge on any atom is -0.336 e. The number of fused-ring (bicyclic) bond motifs is 1. The van der Waals surface area contributed by atoms with E-state index in [9.17, 15) is 4.79 Å². The zero-order valence-corrected chi connectivity index (χ0v) is 18.3. The standard InChI is InChI=1S/C26H33N3O/c1-16(2)24-12-20-15-28(13-18-9-10-25(30)29(24)26(18)20)14-19-11-23(17-7-8-17)27-22-6-4-3-5-21(19)22/h3-6,11,16-18,20,24,26H,7-10,12-15H2,1-2H3/t18-,20?,24-,26?/m1/s1. The Bertz CT molecular complexity index is 981. The van der Waals surface area contributed by atoms with Gasteiger partial charge in [0.05, 0.1) is 5.52 Å². The number of nitrogens with zero attached hydrogens (tertiary/aromatic N) is 3. The second kappa shape index (κ2) is 7.05. The van der Waals surface area contributed by atoms with Crippen LogP contribution < -0.4 is 0 Å². The number of para-hydroxylation sites is 1. The molecule has 0 N–H and O–H groups in total. The van der Waals surface area contributed by atoms with Crippen LogP contribution in [0.5, 0.6) is 0 Å². The van der Waals surface area contributed by atoms with Crippen LogP contribution in [-0.4, -0.2) is 45.9 Å². The second-order valence-corrected chi connectivity index (χ2v) is 10.6. The molecule has 4 nitrogen and oxygen atoms in total. The van der Waals surface area contributed by atoms with Gasteiger partial charge in [-0.3, -0.25) is 14.7 Å². The number of hydrogen-bond donors (Lipinski definition) is 0. The molecule has 3 aliphatic heterocycles. The Morgan fingerprint density at radius 2 is 1.90 bits per heavy atom. The van der Waals surface area contributed by atoms with E-state index in [2.05, 4.69) is 54.0 Å². The van der Waals surface area contributed by atoms with Crippen LogP contribution >= 0.6 is 0 Å². The van der Waals surface area contributed by atoms with E-state index in [-0.39, 0.29) is 0 Å². The predicted molar refractivity (Wildman–Crippen MR) is 119 cm³/mol. The van der Waals surface area contributed by atoms with Crippen molar-refractivity contribution in [3.8, 4) is 0 Å². The molecule has 1 aliphatic carbocycles. The molecule has 30 heavy (non-hydrogen) atoms. The van der Waals surface area contributed by atoms with Crippen molar-refractivity contribution in [1.82, 2.24) is 14.8 Å². The maximum Gasteiger partial charge on any atom is 0.223 e. The van der Waals surface area contributed by atoms with Gasteiger partial charge in [0, 0.05) is 55.1 Å². The monoisotopic (exact) mass is 403 g/mol. The van der Waals surface area contributed by atoms with Gasteiger partial charge in [0.15, 0.2) is 0 Å². The number of pyridine rings is 1. The maximum atomic E-state index is 12.8. The molecular weight excluding hydrogens is 370 g/mol. The molecule has 4 aliphatic rings. The minimum atomic E-state index is 0.417. The summed E-state index contributed by atoms with van der Waals surface area (Å²) in [4.78, 5) is 22.7. The third-order valence-electron chi connectivity index (χ3n) is 8.17. The van der Waals surface area contributed by atoms with Gasteiger partial charge < -0.3 is 4.90 Å². The number of carbonyl (C=O) groups is 1. The molecule has 4 fully saturated rings. The lowest BCUT2D eigenvalue weighted by atomic mass is 9.79. The van der Waals surface area contributed by atoms with E-state index < -0.39 is 0 Å². The van der Waals surface area contributed by atoms with Crippen LogP contribution in [0.4, 0.5) is 0 Å². The van der Waals surface area contributed by atoms with Crippen molar-refractivity contribution in [3.05, 3.63) is 41.6 Å². The SMILES string of the molecule is CC(C)[C@H]1CC2CN(Cc3cc(C4CC4)nc4ccccc34)C[C@H]3CCC(=O)N1C23. The molecule has 3 saturated heterocycles. The fourth-order valence-electron chi connectivity index (χ4n) is 6.66. The highest BCUT2D eigenvalue weighted by Crippen LogP contribution is 2.46. The van der Waals surface area contributed by atoms with E-state index in [0.717, 1.165) is 38.0 Å². The van der Waals surface area contributed by atoms with Crippen LogP contribution in [0.3, 0.4) is 0 Å². The number of amides is 1. The third-order valence-corrected chi connectivity index (χ3v) is 8.17. The van der Waals surface area contributed by atoms with Gasteiger partial charge in [-0.05, 0) is 61.1 Å². The van der Waals surface area contributed by atoms with Gasteiger partial charge in [-0.25, -0.2) is 0 Å². The molecule has 4 heteroatoms. The van der Waals surface area contributed by atoms with Crippen LogP contribution in [0.1, 0.15) is 63.1 Å². The second-order valence-electron chi connectivity index (χ2n) is 10.6. The molecule has 4 heterocycles. The zero-order chi connectivity index (χ0) is 20.4. The van der Waals surface area contributed by atoms with Gasteiger partial charge >= 0.3 is 0 Å². The number of likely N-dealkylation sites (tertiary alicyclic amines) is 1. The lowest BCUT2D eigenvalue weighted by Crippen LogP contribution is -2.57. The third kappa shape index (κ3) is 3.07. The number of benzene rings is 1. The first-order valence-electron chi connectivity index (χ1n) is 12.0. The van der Waals surface area contributed by atoms with Crippen molar-refractivity contribution in [2.75, 3.05) is 13.1 Å². The Hall–Kier alpha value is -1.94. The Morgan fingerprint density at radius 1 is 1.10 bits per heavy atom. The smallest absolute Gasteiger partial charge is 0.223 e. The Kier molecular flexibility index (Phi) is 4.42. The fourth-order valence-corrected chi connectivity index (χ4v) is 6.66. The Morgan fingerprint density at radius 3 is 2.70 bits per heavy atom. The molecule has 2 unspecified atom stereocenters. The highest BCUT2D eigenvalue weighted by Gasteiger charge is 2.52. The molecule has 6 rings (SSSR count). The van der Waals surface area contributed by atoms with Gasteiger partial charge in [0.1, 0.15) is 0 Å². The first-order valence-corrected chi connectivity index (χ1v) is 12.0. The molecule has 0 spiro atoms. The van der Waals surface area contributed by atoms with Gasteiger partial charge in [0.2, 0.25) is 5.91 Å². The van der Waals surface area contributed by atoms with Crippen molar-refractivity contribution in [2.45, 2.75) is 70.5 Å². The highest BCUT2D eigenvalue weighted by atomic mass is 16.2. The van der Waals surface area contributed by atoms with Crippen LogP contribution in [0, 0.1) is 17.8 Å². The molecule has 4 atom stereocenters. The largest absolute Gasteiger partial charge is 0.336 e. The molecule has 1 amide bonds. The van der Waals surface area contributed by atoms with Gasteiger partial charge in [-0.15, -0.1) is 0 Å². The van der Waals surface area contributed by atoms with Crippen LogP contribution in [-0.2, 0) is 11.3 Å². The van der Waals surface area contributed by atoms with E-state index in [1.165, 1.54) is 35.9 Å². The van der Waals surface area contributed by atoms with Crippen molar-refractivity contribution >= 4 is 16.8 Å². The predicted octanol–water partition coefficient (Wildman–Crippen LogP) is 4.58. The van der Waals surface area contributed by atoms with Crippen molar-refractivity contribution in [3.63, 3.8) is 0 Å². The first-order chi connectivity index (χ1) is 14.6. The quantitative estimate of drug-likeness (QED) is 0.750. The molecular formula is C26H33N3O. The summed E-state index contributed by atoms with van der Waals surface area (Å²) in [6.45, 7) is 7.86. The summed E-state index contributed by atoms with van der Waals surface area (Å²) in [7, 11) is 0. The van der Waals surface area contributed by atoms with Crippen LogP contribution in [0.25, 0.3) is 10.9 Å². The number of aromatic nitrogens is 1. The Labute approximate surface area is 179 Å². The van der Waals surface area contributed by atoms with Crippen molar-refractivity contribution < 1.29 is 4.79 Å². The molecule has 1 saturated carbocycles. The van der Waals surface area contributed by atoms with Crippen molar-refractivity contribution in [2.24, 2.45) is 17.8 Å². The number of carbonyl (C=O) groups excluding carboxylic acids is 1. The fraction of sp³-hybridized carbons (Fsp3) is 0.615. The molecule has 2 aromatic rings. The Balaban J connectivity index is 1.29. The summed E-state index contributed by atoms with van der Waals surface area (Å²) in [6, 6.07) is 12.0. The van der Waals surface area contributed by atoms with E-state index >= 15 is 0 Å². The van der Waals surface area contributed by atoms with Crippen LogP contribution in [0.2, 0.25) is 0 Å². The summed E-state index contributed by atoms with van der Waals surface area (Å²) >= 11 is 0. The van der Waals surface area contributed by atoms with Crippen molar-refractivity contribution in [1.29, 1.82) is 0 Å². The first kappa shape index (κ1) is 18.8. The average molecular weight is 404 g/mol. The normalized spacial score (nSPS) is 31.6. The number of hydrogen-bond acceptors (Lipinski definition) is 3. The van der Waals surface area contributed by atoms with Gasteiger partial charge in [0.25, 0.3) is 0 Å².